The Labute approximate surface area is 287 Å². The van der Waals surface area contributed by atoms with Crippen molar-refractivity contribution in [3.63, 3.8) is 0 Å². The molecule has 0 fully saturated rings. The second kappa shape index (κ2) is 11.0. The van der Waals surface area contributed by atoms with E-state index in [9.17, 15) is 1.37 Å². The van der Waals surface area contributed by atoms with Crippen LogP contribution in [0, 0.1) is 0 Å². The Morgan fingerprint density at radius 1 is 0.408 bits per heavy atom. The molecule has 0 saturated carbocycles. The number of hydrogen-bond donors (Lipinski definition) is 0. The summed E-state index contributed by atoms with van der Waals surface area (Å²) in [6, 6.07) is 46.0. The minimum absolute atomic E-state index is 0.00954. The summed E-state index contributed by atoms with van der Waals surface area (Å²) in [4.78, 5) is 15.3. The first-order valence-corrected chi connectivity index (χ1v) is 16.1. The van der Waals surface area contributed by atoms with Crippen LogP contribution in [0.15, 0.2) is 168 Å². The molecule has 0 spiro atoms. The molecule has 4 nitrogen and oxygen atoms in total. The van der Waals surface area contributed by atoms with Crippen molar-refractivity contribution in [3.05, 3.63) is 164 Å². The lowest BCUT2D eigenvalue weighted by molar-refractivity contribution is 0.669. The maximum absolute atomic E-state index is 9.18. The molecule has 0 N–H and O–H groups in total. The van der Waals surface area contributed by atoms with Gasteiger partial charge in [0.2, 0.25) is 0 Å². The van der Waals surface area contributed by atoms with Gasteiger partial charge in [0.15, 0.2) is 17.5 Å². The molecule has 2 aromatic heterocycles. The van der Waals surface area contributed by atoms with Crippen molar-refractivity contribution in [2.45, 2.75) is 0 Å². The fourth-order valence-corrected chi connectivity index (χ4v) is 6.86. The summed E-state index contributed by atoms with van der Waals surface area (Å²) in [6.45, 7) is 0. The lowest BCUT2D eigenvalue weighted by atomic mass is 9.96. The van der Waals surface area contributed by atoms with Gasteiger partial charge in [-0.1, -0.05) is 133 Å². The van der Waals surface area contributed by atoms with Crippen LogP contribution in [0.2, 0.25) is 0 Å². The summed E-state index contributed by atoms with van der Waals surface area (Å²) in [5.74, 6) is 1.10. The van der Waals surface area contributed by atoms with Crippen LogP contribution in [0.1, 0.15) is 5.48 Å². The van der Waals surface area contributed by atoms with E-state index in [1.807, 2.05) is 48.5 Å². The average Bonchev–Trinajstić information content (AvgIpc) is 3.57. The van der Waals surface area contributed by atoms with Crippen LogP contribution in [0.3, 0.4) is 0 Å². The summed E-state index contributed by atoms with van der Waals surface area (Å²) in [6.07, 6.45) is 0. The Bertz CT molecular complexity index is 3120. The monoisotopic (exact) mass is 629 g/mol. The summed E-state index contributed by atoms with van der Waals surface area (Å²) in [5, 5.41) is 7.20. The molecule has 0 aliphatic rings. The fraction of sp³-hybridized carbons (Fsp3) is 0. The van der Waals surface area contributed by atoms with Crippen LogP contribution in [0.5, 0.6) is 0 Å². The van der Waals surface area contributed by atoms with Crippen LogP contribution in [0.4, 0.5) is 0 Å². The van der Waals surface area contributed by atoms with Gasteiger partial charge in [0.1, 0.15) is 11.2 Å². The maximum atomic E-state index is 9.18. The minimum Gasteiger partial charge on any atom is -0.456 e. The first-order chi connectivity index (χ1) is 25.9. The fourth-order valence-electron chi connectivity index (χ4n) is 6.86. The molecule has 10 aromatic rings. The highest BCUT2D eigenvalue weighted by Crippen LogP contribution is 2.39. The molecule has 0 amide bonds. The Balaban J connectivity index is 1.26. The highest BCUT2D eigenvalue weighted by Gasteiger charge is 2.19. The second-order valence-corrected chi connectivity index (χ2v) is 12.1. The Kier molecular flexibility index (Phi) is 5.29. The zero-order valence-electron chi connectivity index (χ0n) is 30.0. The van der Waals surface area contributed by atoms with Crippen LogP contribution in [-0.4, -0.2) is 15.0 Å². The largest absolute Gasteiger partial charge is 0.456 e. The van der Waals surface area contributed by atoms with E-state index in [-0.39, 0.29) is 41.2 Å². The highest BCUT2D eigenvalue weighted by atomic mass is 16.3. The van der Waals surface area contributed by atoms with Gasteiger partial charge in [-0.3, -0.25) is 0 Å². The number of para-hydroxylation sites is 1. The number of aromatic nitrogens is 3. The predicted octanol–water partition coefficient (Wildman–Crippen LogP) is 11.9. The lowest BCUT2D eigenvalue weighted by Crippen LogP contribution is -2.01. The molecular formula is C45H27N3O. The number of rotatable bonds is 4. The van der Waals surface area contributed by atoms with Gasteiger partial charge < -0.3 is 4.42 Å². The van der Waals surface area contributed by atoms with E-state index in [0.29, 0.717) is 28.0 Å². The van der Waals surface area contributed by atoms with Crippen molar-refractivity contribution in [2.24, 2.45) is 0 Å². The molecule has 10 rings (SSSR count). The topological polar surface area (TPSA) is 51.8 Å². The SMILES string of the molecule is [2H]c1cc([2H])c2oc3c([2H])cc([2H])c(-c4nc(-c5ccc6cc(-c7ccccc7)ccc6c5)nc(-c5cc6ccccc6c6ccccc56)n4)c3c2c1. The number of nitrogens with zero attached hydrogens (tertiary/aromatic N) is 3. The van der Waals surface area contributed by atoms with Crippen molar-refractivity contribution >= 4 is 54.3 Å². The van der Waals surface area contributed by atoms with E-state index in [0.717, 1.165) is 54.6 Å². The predicted molar refractivity (Wildman–Crippen MR) is 201 cm³/mol. The molecule has 0 aliphatic carbocycles. The summed E-state index contributed by atoms with van der Waals surface area (Å²) >= 11 is 0. The van der Waals surface area contributed by atoms with Crippen molar-refractivity contribution in [1.82, 2.24) is 15.0 Å². The number of benzene rings is 8. The van der Waals surface area contributed by atoms with E-state index in [4.69, 9.17) is 23.5 Å². The lowest BCUT2D eigenvalue weighted by Gasteiger charge is -2.13. The minimum atomic E-state index is 0.00954. The van der Waals surface area contributed by atoms with Gasteiger partial charge in [0.05, 0.1) is 5.48 Å². The van der Waals surface area contributed by atoms with Crippen molar-refractivity contribution in [1.29, 1.82) is 0 Å². The Morgan fingerprint density at radius 2 is 1.08 bits per heavy atom. The van der Waals surface area contributed by atoms with Gasteiger partial charge in [0.25, 0.3) is 0 Å². The first-order valence-electron chi connectivity index (χ1n) is 18.1. The van der Waals surface area contributed by atoms with Crippen LogP contribution < -0.4 is 0 Å². The molecule has 0 saturated heterocycles. The zero-order chi connectivity index (χ0) is 35.8. The maximum Gasteiger partial charge on any atom is 0.164 e. The third-order valence-corrected chi connectivity index (χ3v) is 9.20. The molecular weight excluding hydrogens is 599 g/mol. The number of hydrogen-bond acceptors (Lipinski definition) is 4. The highest BCUT2D eigenvalue weighted by molar-refractivity contribution is 6.14. The Hall–Kier alpha value is -6.65. The van der Waals surface area contributed by atoms with E-state index >= 15 is 0 Å². The van der Waals surface area contributed by atoms with Crippen molar-refractivity contribution in [2.75, 3.05) is 0 Å². The second-order valence-electron chi connectivity index (χ2n) is 12.1. The van der Waals surface area contributed by atoms with E-state index < -0.39 is 0 Å². The molecule has 2 heterocycles. The van der Waals surface area contributed by atoms with E-state index in [1.54, 1.807) is 6.07 Å². The van der Waals surface area contributed by atoms with E-state index in [2.05, 4.69) is 72.8 Å². The quantitative estimate of drug-likeness (QED) is 0.182. The molecule has 49 heavy (non-hydrogen) atoms. The average molecular weight is 630 g/mol. The standard InChI is InChI=1S/C45H27N3O/c1-2-11-28(12-3-1)29-21-22-31-26-33(24-23-30(31)25-29)43-46-44(38-18-10-20-41-42(38)37-17-8-9-19-40(37)49-41)48-45(47-43)39-27-32-13-4-5-14-34(32)35-15-6-7-16-36(35)39/h1-27H/i8D,18D,19D,20D. The molecule has 8 aromatic carbocycles. The molecule has 0 aliphatic heterocycles. The van der Waals surface area contributed by atoms with Gasteiger partial charge in [-0.25, -0.2) is 15.0 Å². The van der Waals surface area contributed by atoms with Gasteiger partial charge >= 0.3 is 0 Å². The van der Waals surface area contributed by atoms with Gasteiger partial charge in [-0.05, 0) is 73.7 Å². The van der Waals surface area contributed by atoms with Crippen LogP contribution in [0.25, 0.3) is 99.5 Å². The Morgan fingerprint density at radius 3 is 1.94 bits per heavy atom. The first kappa shape index (κ1) is 23.6. The third kappa shape index (κ3) is 4.57. The van der Waals surface area contributed by atoms with Gasteiger partial charge in [-0.2, -0.15) is 0 Å². The van der Waals surface area contributed by atoms with Gasteiger partial charge in [0, 0.05) is 27.5 Å². The summed E-state index contributed by atoms with van der Waals surface area (Å²) in [7, 11) is 0. The summed E-state index contributed by atoms with van der Waals surface area (Å²) in [5.41, 5.74) is 4.67. The van der Waals surface area contributed by atoms with Crippen LogP contribution >= 0.6 is 0 Å². The summed E-state index contributed by atoms with van der Waals surface area (Å²) < 4.78 is 40.9. The molecule has 0 atom stereocenters. The third-order valence-electron chi connectivity index (χ3n) is 9.20. The molecule has 4 heteroatoms. The van der Waals surface area contributed by atoms with E-state index in [1.165, 1.54) is 12.1 Å². The molecule has 0 bridgehead atoms. The smallest absolute Gasteiger partial charge is 0.164 e. The normalized spacial score (nSPS) is 12.8. The van der Waals surface area contributed by atoms with Crippen LogP contribution in [-0.2, 0) is 0 Å². The zero-order valence-corrected chi connectivity index (χ0v) is 26.0. The molecule has 0 radical (unpaired) electrons. The molecule has 228 valence electrons. The van der Waals surface area contributed by atoms with Crippen molar-refractivity contribution in [3.8, 4) is 45.3 Å². The van der Waals surface area contributed by atoms with Gasteiger partial charge in [-0.15, -0.1) is 0 Å². The molecule has 0 unspecified atom stereocenters. The number of furan rings is 1. The van der Waals surface area contributed by atoms with Crippen molar-refractivity contribution < 1.29 is 9.90 Å². The number of fused-ring (bicyclic) bond motifs is 7.